The summed E-state index contributed by atoms with van der Waals surface area (Å²) in [5.41, 5.74) is 4.06. The van der Waals surface area contributed by atoms with Gasteiger partial charge in [0.15, 0.2) is 0 Å². The fourth-order valence-corrected chi connectivity index (χ4v) is 5.62. The number of aryl methyl sites for hydroxylation is 2. The molecule has 4 rings (SSSR count). The molecule has 1 N–H and O–H groups in total. The van der Waals surface area contributed by atoms with Crippen LogP contribution in [0.3, 0.4) is 0 Å². The SMILES string of the molecule is CC1CNC(CN(C)CCC=O)C1.Cc1cc(C)cc(C(=O)N2CCN(C)C(c3ccc(Cl)c(Cl)c3)C2)c1. The predicted molar refractivity (Wildman–Crippen MR) is 157 cm³/mol. The number of halogens is 2. The first kappa shape index (κ1) is 30.6. The third-order valence-electron chi connectivity index (χ3n) is 7.33. The van der Waals surface area contributed by atoms with E-state index in [1.54, 1.807) is 0 Å². The maximum Gasteiger partial charge on any atom is 0.253 e. The molecule has 2 aliphatic rings. The van der Waals surface area contributed by atoms with Crippen molar-refractivity contribution >= 4 is 35.4 Å². The largest absolute Gasteiger partial charge is 0.335 e. The Hall–Kier alpha value is -1.96. The molecule has 38 heavy (non-hydrogen) atoms. The van der Waals surface area contributed by atoms with Crippen LogP contribution in [0, 0.1) is 19.8 Å². The second kappa shape index (κ2) is 14.4. The Morgan fingerprint density at radius 3 is 2.42 bits per heavy atom. The summed E-state index contributed by atoms with van der Waals surface area (Å²) in [5, 5.41) is 4.58. The van der Waals surface area contributed by atoms with E-state index in [9.17, 15) is 9.59 Å². The lowest BCUT2D eigenvalue weighted by molar-refractivity contribution is -0.108. The van der Waals surface area contributed by atoms with Gasteiger partial charge < -0.3 is 19.9 Å². The molecule has 0 saturated carbocycles. The lowest BCUT2D eigenvalue weighted by Gasteiger charge is -2.40. The van der Waals surface area contributed by atoms with E-state index in [0.717, 1.165) is 67.2 Å². The van der Waals surface area contributed by atoms with E-state index < -0.39 is 0 Å². The van der Waals surface area contributed by atoms with Gasteiger partial charge in [-0.05, 0) is 76.7 Å². The van der Waals surface area contributed by atoms with Gasteiger partial charge in [-0.3, -0.25) is 9.69 Å². The van der Waals surface area contributed by atoms with Gasteiger partial charge in [0.1, 0.15) is 6.29 Å². The first-order valence-corrected chi connectivity index (χ1v) is 14.2. The van der Waals surface area contributed by atoms with Gasteiger partial charge in [-0.1, -0.05) is 53.4 Å². The number of likely N-dealkylation sites (N-methyl/N-ethyl adjacent to an activating group) is 2. The number of nitrogens with one attached hydrogen (secondary N) is 1. The van der Waals surface area contributed by atoms with Crippen molar-refractivity contribution in [3.05, 3.63) is 68.7 Å². The molecule has 208 valence electrons. The van der Waals surface area contributed by atoms with Crippen molar-refractivity contribution in [3.63, 3.8) is 0 Å². The predicted octanol–water partition coefficient (Wildman–Crippen LogP) is 5.24. The molecule has 0 bridgehead atoms. The topological polar surface area (TPSA) is 55.9 Å². The summed E-state index contributed by atoms with van der Waals surface area (Å²) in [7, 11) is 4.15. The quantitative estimate of drug-likeness (QED) is 0.469. The summed E-state index contributed by atoms with van der Waals surface area (Å²) < 4.78 is 0. The summed E-state index contributed by atoms with van der Waals surface area (Å²) >= 11 is 12.2. The van der Waals surface area contributed by atoms with E-state index in [0.29, 0.717) is 29.1 Å². The zero-order valence-corrected chi connectivity index (χ0v) is 24.9. The highest BCUT2D eigenvalue weighted by Gasteiger charge is 2.29. The molecule has 2 heterocycles. The fourth-order valence-electron chi connectivity index (χ4n) is 5.32. The van der Waals surface area contributed by atoms with Gasteiger partial charge in [0.05, 0.1) is 16.1 Å². The van der Waals surface area contributed by atoms with E-state index in [4.69, 9.17) is 23.2 Å². The van der Waals surface area contributed by atoms with Crippen molar-refractivity contribution in [2.24, 2.45) is 5.92 Å². The summed E-state index contributed by atoms with van der Waals surface area (Å²) in [6, 6.07) is 12.4. The molecule has 2 aromatic rings. The minimum absolute atomic E-state index is 0.0879. The summed E-state index contributed by atoms with van der Waals surface area (Å²) in [5.74, 6) is 0.898. The van der Waals surface area contributed by atoms with Crippen molar-refractivity contribution in [2.45, 2.75) is 45.7 Å². The molecule has 1 amide bonds. The van der Waals surface area contributed by atoms with Gasteiger partial charge in [-0.25, -0.2) is 0 Å². The molecule has 8 heteroatoms. The maximum absolute atomic E-state index is 13.0. The van der Waals surface area contributed by atoms with E-state index in [-0.39, 0.29) is 11.9 Å². The number of aldehydes is 1. The van der Waals surface area contributed by atoms with Gasteiger partial charge in [-0.15, -0.1) is 0 Å². The van der Waals surface area contributed by atoms with Crippen molar-refractivity contribution in [1.82, 2.24) is 20.0 Å². The van der Waals surface area contributed by atoms with Gasteiger partial charge in [0.25, 0.3) is 5.91 Å². The first-order chi connectivity index (χ1) is 18.1. The number of carbonyl (C=O) groups excluding carboxylic acids is 2. The number of amides is 1. The number of nitrogens with zero attached hydrogens (tertiary/aromatic N) is 3. The standard InChI is InChI=1S/C20H22Cl2N2O.C10H20N2O/c1-13-8-14(2)10-16(9-13)20(25)24-7-6-23(3)19(12-24)15-4-5-17(21)18(22)11-15;1-9-6-10(11-7-9)8-12(2)4-3-5-13/h4-5,8-11,19H,6-7,12H2,1-3H3;5,9-11H,3-4,6-8H2,1-2H3. The Kier molecular flexibility index (Phi) is 11.6. The van der Waals surface area contributed by atoms with Crippen molar-refractivity contribution < 1.29 is 9.59 Å². The van der Waals surface area contributed by atoms with Crippen LogP contribution in [0.2, 0.25) is 10.0 Å². The third kappa shape index (κ3) is 8.78. The molecule has 2 saturated heterocycles. The van der Waals surface area contributed by atoms with Crippen LogP contribution in [0.1, 0.15) is 52.9 Å². The summed E-state index contributed by atoms with van der Waals surface area (Å²) in [6.07, 6.45) is 2.91. The van der Waals surface area contributed by atoms with Crippen LogP contribution < -0.4 is 5.32 Å². The molecule has 0 aromatic heterocycles. The molecule has 0 aliphatic carbocycles. The molecule has 2 aromatic carbocycles. The fraction of sp³-hybridized carbons (Fsp3) is 0.533. The highest BCUT2D eigenvalue weighted by atomic mass is 35.5. The highest BCUT2D eigenvalue weighted by Crippen LogP contribution is 2.30. The Balaban J connectivity index is 0.000000260. The molecule has 0 radical (unpaired) electrons. The van der Waals surface area contributed by atoms with Crippen LogP contribution in [-0.4, -0.2) is 86.3 Å². The molecular weight excluding hydrogens is 519 g/mol. The molecule has 2 fully saturated rings. The van der Waals surface area contributed by atoms with Gasteiger partial charge in [-0.2, -0.15) is 0 Å². The minimum atomic E-state index is 0.0879. The average Bonchev–Trinajstić information content (AvgIpc) is 3.28. The monoisotopic (exact) mass is 560 g/mol. The van der Waals surface area contributed by atoms with Crippen LogP contribution >= 0.6 is 23.2 Å². The first-order valence-electron chi connectivity index (χ1n) is 13.5. The number of hydrogen-bond donors (Lipinski definition) is 1. The normalized spacial score (nSPS) is 21.8. The van der Waals surface area contributed by atoms with Crippen LogP contribution in [0.5, 0.6) is 0 Å². The lowest BCUT2D eigenvalue weighted by Crippen LogP contribution is -2.49. The minimum Gasteiger partial charge on any atom is -0.335 e. The maximum atomic E-state index is 13.0. The number of rotatable bonds is 7. The Labute approximate surface area is 238 Å². The number of piperazine rings is 1. The van der Waals surface area contributed by atoms with Gasteiger partial charge in [0.2, 0.25) is 0 Å². The van der Waals surface area contributed by atoms with Crippen LogP contribution in [0.4, 0.5) is 0 Å². The number of carbonyl (C=O) groups is 2. The molecule has 3 atom stereocenters. The van der Waals surface area contributed by atoms with E-state index in [1.807, 2.05) is 49.1 Å². The van der Waals surface area contributed by atoms with Crippen molar-refractivity contribution in [2.75, 3.05) is 53.4 Å². The number of hydrogen-bond acceptors (Lipinski definition) is 5. The second-order valence-corrected chi connectivity index (χ2v) is 11.8. The van der Waals surface area contributed by atoms with E-state index in [2.05, 4.69) is 42.2 Å². The van der Waals surface area contributed by atoms with Crippen LogP contribution in [0.15, 0.2) is 36.4 Å². The zero-order valence-electron chi connectivity index (χ0n) is 23.3. The Morgan fingerprint density at radius 2 is 1.82 bits per heavy atom. The molecular formula is C30H42Cl2N4O2. The van der Waals surface area contributed by atoms with Crippen molar-refractivity contribution in [1.29, 1.82) is 0 Å². The van der Waals surface area contributed by atoms with Gasteiger partial charge >= 0.3 is 0 Å². The third-order valence-corrected chi connectivity index (χ3v) is 8.07. The zero-order chi connectivity index (χ0) is 27.8. The lowest BCUT2D eigenvalue weighted by atomic mass is 10.0. The van der Waals surface area contributed by atoms with E-state index >= 15 is 0 Å². The van der Waals surface area contributed by atoms with Crippen LogP contribution in [-0.2, 0) is 4.79 Å². The Morgan fingerprint density at radius 1 is 1.11 bits per heavy atom. The summed E-state index contributed by atoms with van der Waals surface area (Å²) in [6.45, 7) is 11.6. The molecule has 3 unspecified atom stereocenters. The van der Waals surface area contributed by atoms with E-state index in [1.165, 1.54) is 6.42 Å². The molecule has 2 aliphatic heterocycles. The molecule has 0 spiro atoms. The summed E-state index contributed by atoms with van der Waals surface area (Å²) in [4.78, 5) is 29.5. The molecule has 6 nitrogen and oxygen atoms in total. The highest BCUT2D eigenvalue weighted by molar-refractivity contribution is 6.42. The average molecular weight is 562 g/mol. The Bertz CT molecular complexity index is 1080. The smallest absolute Gasteiger partial charge is 0.253 e. The van der Waals surface area contributed by atoms with Crippen molar-refractivity contribution in [3.8, 4) is 0 Å². The van der Waals surface area contributed by atoms with Crippen LogP contribution in [0.25, 0.3) is 0 Å². The number of benzene rings is 2. The second-order valence-electron chi connectivity index (χ2n) is 11.0. The van der Waals surface area contributed by atoms with Gasteiger partial charge in [0, 0.05) is 50.7 Å².